The maximum Gasteiger partial charge on any atom is 0.266 e. The maximum absolute atomic E-state index is 13.8. The van der Waals surface area contributed by atoms with E-state index in [1.165, 1.54) is 11.1 Å². The second-order valence-corrected chi connectivity index (χ2v) is 9.23. The van der Waals surface area contributed by atoms with Gasteiger partial charge in [-0.2, -0.15) is 9.90 Å². The zero-order valence-corrected chi connectivity index (χ0v) is 20.2. The third-order valence-corrected chi connectivity index (χ3v) is 6.58. The van der Waals surface area contributed by atoms with E-state index in [0.29, 0.717) is 39.2 Å². The second kappa shape index (κ2) is 8.41. The number of fused-ring (bicyclic) bond motifs is 1. The standard InChI is InChI=1S/C23H22ClN11O/c1-11(28-21-19(20(25)26-10-27-21)22-31-33-34(2)32-22)16-8-13-4-3-5-14(24)18(13)23(36)35(16)17-9-15(29-30-17)12-6-7-12/h3-5,8-12H,6-7H2,1-2H3,(H,29,30)(H3,25,26,27,28). The third kappa shape index (κ3) is 3.75. The molecule has 0 spiro atoms. The summed E-state index contributed by atoms with van der Waals surface area (Å²) in [7, 11) is 1.66. The van der Waals surface area contributed by atoms with Crippen LogP contribution in [0.4, 0.5) is 11.6 Å². The van der Waals surface area contributed by atoms with Gasteiger partial charge in [-0.25, -0.2) is 9.97 Å². The first-order valence-electron chi connectivity index (χ1n) is 11.4. The number of nitrogen functional groups attached to an aromatic ring is 1. The van der Waals surface area contributed by atoms with E-state index in [0.717, 1.165) is 23.9 Å². The molecule has 0 aliphatic heterocycles. The van der Waals surface area contributed by atoms with Crippen LogP contribution in [-0.2, 0) is 7.05 Å². The highest BCUT2D eigenvalue weighted by atomic mass is 35.5. The maximum atomic E-state index is 13.8. The van der Waals surface area contributed by atoms with Crippen LogP contribution in [0.5, 0.6) is 0 Å². The highest BCUT2D eigenvalue weighted by Crippen LogP contribution is 2.39. The van der Waals surface area contributed by atoms with Gasteiger partial charge in [0.25, 0.3) is 5.56 Å². The molecule has 1 saturated carbocycles. The van der Waals surface area contributed by atoms with Crippen LogP contribution in [0.15, 0.2) is 41.5 Å². The van der Waals surface area contributed by atoms with E-state index < -0.39 is 6.04 Å². The van der Waals surface area contributed by atoms with E-state index in [1.807, 2.05) is 31.2 Å². The van der Waals surface area contributed by atoms with Gasteiger partial charge in [0.15, 0.2) is 5.82 Å². The molecule has 1 aliphatic carbocycles. The molecule has 0 amide bonds. The van der Waals surface area contributed by atoms with Crippen LogP contribution < -0.4 is 16.6 Å². The van der Waals surface area contributed by atoms with E-state index in [-0.39, 0.29) is 17.2 Å². The number of H-pyrrole nitrogens is 1. The number of nitrogens with one attached hydrogen (secondary N) is 2. The predicted octanol–water partition coefficient (Wildman–Crippen LogP) is 2.98. The fraction of sp³-hybridized carbons (Fsp3) is 0.261. The Bertz CT molecular complexity index is 1670. The lowest BCUT2D eigenvalue weighted by Crippen LogP contribution is -2.26. The number of aromatic nitrogens is 9. The number of aromatic amines is 1. The number of pyridine rings is 1. The summed E-state index contributed by atoms with van der Waals surface area (Å²) in [5.41, 5.74) is 8.01. The number of nitrogens with zero attached hydrogens (tertiary/aromatic N) is 8. The molecule has 1 aromatic carbocycles. The smallest absolute Gasteiger partial charge is 0.266 e. The summed E-state index contributed by atoms with van der Waals surface area (Å²) in [4.78, 5) is 23.6. The summed E-state index contributed by atoms with van der Waals surface area (Å²) >= 11 is 6.45. The minimum atomic E-state index is -0.410. The normalized spacial score (nSPS) is 14.3. The highest BCUT2D eigenvalue weighted by molar-refractivity contribution is 6.35. The SMILES string of the molecule is CC(Nc1ncnc(N)c1-c1nnn(C)n1)c1cc2cccc(Cl)c2c(=O)n1-c1cc(C2CC2)[nH]n1. The Morgan fingerprint density at radius 1 is 1.25 bits per heavy atom. The second-order valence-electron chi connectivity index (χ2n) is 8.82. The number of nitrogens with two attached hydrogens (primary N) is 1. The van der Waals surface area contributed by atoms with E-state index in [1.54, 1.807) is 17.7 Å². The largest absolute Gasteiger partial charge is 0.383 e. The molecule has 0 radical (unpaired) electrons. The molecule has 1 fully saturated rings. The number of hydrogen-bond acceptors (Lipinski definition) is 9. The molecule has 4 N–H and O–H groups in total. The van der Waals surface area contributed by atoms with E-state index in [9.17, 15) is 4.79 Å². The van der Waals surface area contributed by atoms with Crippen LogP contribution in [-0.4, -0.2) is 44.9 Å². The van der Waals surface area contributed by atoms with Gasteiger partial charge in [-0.05, 0) is 42.5 Å². The summed E-state index contributed by atoms with van der Waals surface area (Å²) in [6.07, 6.45) is 3.57. The number of rotatable bonds is 6. The third-order valence-electron chi connectivity index (χ3n) is 6.26. The van der Waals surface area contributed by atoms with Crippen molar-refractivity contribution in [2.24, 2.45) is 7.05 Å². The van der Waals surface area contributed by atoms with Gasteiger partial charge >= 0.3 is 0 Å². The van der Waals surface area contributed by atoms with Gasteiger partial charge in [0.1, 0.15) is 23.5 Å². The zero-order chi connectivity index (χ0) is 25.0. The molecule has 13 heteroatoms. The molecule has 0 saturated heterocycles. The fourth-order valence-corrected chi connectivity index (χ4v) is 4.59. The quantitative estimate of drug-likeness (QED) is 0.316. The first-order chi connectivity index (χ1) is 17.4. The molecule has 1 unspecified atom stereocenters. The van der Waals surface area contributed by atoms with Gasteiger partial charge in [-0.15, -0.1) is 10.2 Å². The van der Waals surface area contributed by atoms with Crippen molar-refractivity contribution in [1.29, 1.82) is 0 Å². The number of tetrazole rings is 1. The molecule has 36 heavy (non-hydrogen) atoms. The van der Waals surface area contributed by atoms with Crippen molar-refractivity contribution < 1.29 is 0 Å². The van der Waals surface area contributed by atoms with Gasteiger partial charge < -0.3 is 11.1 Å². The molecule has 4 heterocycles. The molecular formula is C23H22ClN11O. The fourth-order valence-electron chi connectivity index (χ4n) is 4.33. The molecule has 1 aliphatic rings. The van der Waals surface area contributed by atoms with Crippen molar-refractivity contribution in [2.75, 3.05) is 11.1 Å². The Morgan fingerprint density at radius 2 is 2.08 bits per heavy atom. The van der Waals surface area contributed by atoms with Gasteiger partial charge in [0.05, 0.1) is 29.2 Å². The van der Waals surface area contributed by atoms with Crippen LogP contribution in [0, 0.1) is 0 Å². The topological polar surface area (TPSA) is 158 Å². The van der Waals surface area contributed by atoms with Gasteiger partial charge in [0.2, 0.25) is 5.82 Å². The van der Waals surface area contributed by atoms with Gasteiger partial charge in [-0.1, -0.05) is 23.7 Å². The first-order valence-corrected chi connectivity index (χ1v) is 11.8. The van der Waals surface area contributed by atoms with Crippen LogP contribution in [0.1, 0.15) is 43.1 Å². The van der Waals surface area contributed by atoms with Crippen LogP contribution in [0.3, 0.4) is 0 Å². The average molecular weight is 504 g/mol. The molecule has 0 bridgehead atoms. The van der Waals surface area contributed by atoms with Gasteiger partial charge in [-0.3, -0.25) is 14.5 Å². The van der Waals surface area contributed by atoms with E-state index in [4.69, 9.17) is 17.3 Å². The summed E-state index contributed by atoms with van der Waals surface area (Å²) in [6.45, 7) is 1.92. The summed E-state index contributed by atoms with van der Waals surface area (Å²) in [6, 6.07) is 8.83. The first kappa shape index (κ1) is 22.2. The predicted molar refractivity (Wildman–Crippen MR) is 135 cm³/mol. The number of hydrogen-bond donors (Lipinski definition) is 3. The van der Waals surface area contributed by atoms with Crippen molar-refractivity contribution in [3.63, 3.8) is 0 Å². The van der Waals surface area contributed by atoms with E-state index >= 15 is 0 Å². The van der Waals surface area contributed by atoms with Crippen molar-refractivity contribution in [3.05, 3.63) is 63.4 Å². The number of halogens is 1. The Morgan fingerprint density at radius 3 is 2.83 bits per heavy atom. The van der Waals surface area contributed by atoms with Gasteiger partial charge in [0, 0.05) is 17.7 Å². The lowest BCUT2D eigenvalue weighted by Gasteiger charge is -2.21. The van der Waals surface area contributed by atoms with Crippen molar-refractivity contribution in [3.8, 4) is 17.2 Å². The zero-order valence-electron chi connectivity index (χ0n) is 19.5. The lowest BCUT2D eigenvalue weighted by atomic mass is 10.1. The minimum Gasteiger partial charge on any atom is -0.383 e. The van der Waals surface area contributed by atoms with Crippen molar-refractivity contribution in [2.45, 2.75) is 31.7 Å². The molecule has 5 aromatic rings. The molecule has 12 nitrogen and oxygen atoms in total. The van der Waals surface area contributed by atoms with Crippen molar-refractivity contribution >= 4 is 34.0 Å². The van der Waals surface area contributed by atoms with Crippen LogP contribution in [0.2, 0.25) is 5.02 Å². The Hall–Kier alpha value is -4.32. The molecule has 4 aromatic heterocycles. The van der Waals surface area contributed by atoms with Crippen LogP contribution in [0.25, 0.3) is 28.0 Å². The number of benzene rings is 1. The summed E-state index contributed by atoms with van der Waals surface area (Å²) in [5.74, 6) is 1.86. The molecule has 1 atom stereocenters. The number of aryl methyl sites for hydroxylation is 1. The number of anilines is 2. The average Bonchev–Trinajstić information content (AvgIpc) is 3.43. The monoisotopic (exact) mass is 503 g/mol. The lowest BCUT2D eigenvalue weighted by molar-refractivity contribution is 0.630. The molecule has 6 rings (SSSR count). The molecule has 182 valence electrons. The molecular weight excluding hydrogens is 482 g/mol. The Balaban J connectivity index is 1.49. The van der Waals surface area contributed by atoms with Crippen molar-refractivity contribution in [1.82, 2.24) is 44.9 Å². The summed E-state index contributed by atoms with van der Waals surface area (Å²) < 4.78 is 1.58. The minimum absolute atomic E-state index is 0.205. The van der Waals surface area contributed by atoms with E-state index in [2.05, 4.69) is 40.9 Å². The van der Waals surface area contributed by atoms with Crippen LogP contribution >= 0.6 is 11.6 Å². The highest BCUT2D eigenvalue weighted by Gasteiger charge is 2.27. The Kier molecular flexibility index (Phi) is 5.18. The summed E-state index contributed by atoms with van der Waals surface area (Å²) in [5, 5.41) is 24.6. The Labute approximate surface area is 209 Å².